The molecule has 3 rings (SSSR count). The van der Waals surface area contributed by atoms with Gasteiger partial charge in [0.25, 0.3) is 0 Å². The van der Waals surface area contributed by atoms with E-state index in [4.69, 9.17) is 0 Å². The Labute approximate surface area is 132 Å². The molecular formula is C17H16FN3O2. The lowest BCUT2D eigenvalue weighted by molar-refractivity contribution is 0.0687. The molecule has 0 saturated heterocycles. The van der Waals surface area contributed by atoms with Crippen molar-refractivity contribution < 1.29 is 14.3 Å². The summed E-state index contributed by atoms with van der Waals surface area (Å²) in [7, 11) is 0. The highest BCUT2D eigenvalue weighted by atomic mass is 19.1. The van der Waals surface area contributed by atoms with E-state index in [-0.39, 0.29) is 22.4 Å². The summed E-state index contributed by atoms with van der Waals surface area (Å²) in [5, 5.41) is 13.8. The molecule has 6 heteroatoms. The molecular weight excluding hydrogens is 297 g/mol. The van der Waals surface area contributed by atoms with Crippen molar-refractivity contribution in [1.82, 2.24) is 14.6 Å². The highest BCUT2D eigenvalue weighted by molar-refractivity contribution is 5.88. The summed E-state index contributed by atoms with van der Waals surface area (Å²) in [6, 6.07) is 9.22. The van der Waals surface area contributed by atoms with Crippen LogP contribution < -0.4 is 0 Å². The molecule has 0 amide bonds. The van der Waals surface area contributed by atoms with Gasteiger partial charge in [0.2, 0.25) is 0 Å². The van der Waals surface area contributed by atoms with Crippen molar-refractivity contribution in [2.24, 2.45) is 0 Å². The van der Waals surface area contributed by atoms with Gasteiger partial charge in [0, 0.05) is 17.0 Å². The van der Waals surface area contributed by atoms with Gasteiger partial charge in [-0.05, 0) is 18.2 Å². The molecule has 1 aromatic carbocycles. The number of carboxylic acid groups (broad SMARTS) is 1. The summed E-state index contributed by atoms with van der Waals surface area (Å²) in [6.07, 6.45) is 0. The van der Waals surface area contributed by atoms with Crippen molar-refractivity contribution in [2.75, 3.05) is 0 Å². The summed E-state index contributed by atoms with van der Waals surface area (Å²) in [5.41, 5.74) is 1.33. The van der Waals surface area contributed by atoms with E-state index < -0.39 is 11.8 Å². The fourth-order valence-corrected chi connectivity index (χ4v) is 2.30. The summed E-state index contributed by atoms with van der Waals surface area (Å²) >= 11 is 0. The minimum absolute atomic E-state index is 0.0521. The molecule has 0 saturated carbocycles. The molecule has 0 aliphatic heterocycles. The molecule has 0 spiro atoms. The molecule has 0 aliphatic rings. The molecule has 118 valence electrons. The van der Waals surface area contributed by atoms with Crippen LogP contribution >= 0.6 is 0 Å². The Kier molecular flexibility index (Phi) is 3.39. The molecule has 0 unspecified atom stereocenters. The van der Waals surface area contributed by atoms with Gasteiger partial charge in [-0.15, -0.1) is 0 Å². The molecule has 2 heterocycles. The maximum absolute atomic E-state index is 14.0. The molecule has 23 heavy (non-hydrogen) atoms. The third-order valence-electron chi connectivity index (χ3n) is 3.56. The van der Waals surface area contributed by atoms with Crippen LogP contribution in [0.3, 0.4) is 0 Å². The van der Waals surface area contributed by atoms with Crippen molar-refractivity contribution in [3.05, 3.63) is 53.6 Å². The van der Waals surface area contributed by atoms with Crippen molar-refractivity contribution in [3.63, 3.8) is 0 Å². The van der Waals surface area contributed by atoms with Crippen molar-refractivity contribution in [3.8, 4) is 11.3 Å². The van der Waals surface area contributed by atoms with Crippen LogP contribution in [-0.4, -0.2) is 25.7 Å². The number of aromatic carboxylic acids is 1. The number of nitrogens with zero attached hydrogens (tertiary/aromatic N) is 3. The second-order valence-corrected chi connectivity index (χ2v) is 6.36. The van der Waals surface area contributed by atoms with Crippen LogP contribution in [0.25, 0.3) is 16.9 Å². The Morgan fingerprint density at radius 2 is 1.91 bits per heavy atom. The first-order valence-corrected chi connectivity index (χ1v) is 7.17. The molecule has 0 fully saturated rings. The van der Waals surface area contributed by atoms with E-state index in [1.54, 1.807) is 24.3 Å². The zero-order chi connectivity index (χ0) is 16.8. The third-order valence-corrected chi connectivity index (χ3v) is 3.56. The Bertz CT molecular complexity index is 910. The Morgan fingerprint density at radius 3 is 2.52 bits per heavy atom. The normalized spacial score (nSPS) is 11.8. The predicted molar refractivity (Wildman–Crippen MR) is 84.0 cm³/mol. The molecule has 3 aromatic rings. The van der Waals surface area contributed by atoms with Gasteiger partial charge < -0.3 is 5.11 Å². The van der Waals surface area contributed by atoms with E-state index in [0.29, 0.717) is 5.65 Å². The van der Waals surface area contributed by atoms with Crippen LogP contribution in [0.5, 0.6) is 0 Å². The number of halogens is 1. The predicted octanol–water partition coefficient (Wildman–Crippen LogP) is 3.53. The molecule has 0 atom stereocenters. The number of carboxylic acids is 1. The summed E-state index contributed by atoms with van der Waals surface area (Å²) in [6.45, 7) is 5.94. The van der Waals surface area contributed by atoms with E-state index in [1.165, 1.54) is 16.6 Å². The van der Waals surface area contributed by atoms with Gasteiger partial charge in [-0.1, -0.05) is 32.9 Å². The van der Waals surface area contributed by atoms with Crippen LogP contribution in [0.1, 0.15) is 37.0 Å². The van der Waals surface area contributed by atoms with E-state index in [1.807, 2.05) is 20.8 Å². The lowest BCUT2D eigenvalue weighted by Gasteiger charge is -2.13. The Balaban J connectivity index is 2.30. The average molecular weight is 313 g/mol. The summed E-state index contributed by atoms with van der Waals surface area (Å²) in [4.78, 5) is 15.9. The largest absolute Gasteiger partial charge is 0.477 e. The first-order valence-electron chi connectivity index (χ1n) is 7.17. The van der Waals surface area contributed by atoms with Gasteiger partial charge in [-0.2, -0.15) is 5.10 Å². The minimum atomic E-state index is -1.14. The van der Waals surface area contributed by atoms with E-state index >= 15 is 0 Å². The number of aromatic nitrogens is 3. The number of hydrogen-bond acceptors (Lipinski definition) is 3. The molecule has 0 radical (unpaired) electrons. The van der Waals surface area contributed by atoms with Gasteiger partial charge >= 0.3 is 5.97 Å². The fraction of sp³-hybridized carbons (Fsp3) is 0.235. The van der Waals surface area contributed by atoms with Crippen LogP contribution in [0, 0.1) is 5.82 Å². The molecule has 0 aliphatic carbocycles. The van der Waals surface area contributed by atoms with E-state index in [2.05, 4.69) is 10.1 Å². The number of fused-ring (bicyclic) bond motifs is 1. The van der Waals surface area contributed by atoms with Crippen LogP contribution in [0.4, 0.5) is 4.39 Å². The van der Waals surface area contributed by atoms with Gasteiger partial charge in [-0.25, -0.2) is 18.7 Å². The highest BCUT2D eigenvalue weighted by Crippen LogP contribution is 2.26. The quantitative estimate of drug-likeness (QED) is 0.786. The topological polar surface area (TPSA) is 67.5 Å². The monoisotopic (exact) mass is 313 g/mol. The minimum Gasteiger partial charge on any atom is -0.477 e. The highest BCUT2D eigenvalue weighted by Gasteiger charge is 2.22. The molecule has 2 aromatic heterocycles. The van der Waals surface area contributed by atoms with Crippen LogP contribution in [0.2, 0.25) is 0 Å². The maximum Gasteiger partial charge on any atom is 0.354 e. The maximum atomic E-state index is 14.0. The second-order valence-electron chi connectivity index (χ2n) is 6.36. The summed E-state index contributed by atoms with van der Waals surface area (Å²) in [5.74, 6) is -1.59. The van der Waals surface area contributed by atoms with Crippen molar-refractivity contribution in [2.45, 2.75) is 26.2 Å². The molecule has 5 nitrogen and oxygen atoms in total. The number of carbonyl (C=O) groups is 1. The summed E-state index contributed by atoms with van der Waals surface area (Å²) < 4.78 is 15.3. The van der Waals surface area contributed by atoms with Crippen molar-refractivity contribution >= 4 is 11.6 Å². The Hall–Kier alpha value is -2.76. The number of rotatable bonds is 2. The molecule has 1 N–H and O–H groups in total. The zero-order valence-corrected chi connectivity index (χ0v) is 13.0. The second kappa shape index (κ2) is 5.15. The smallest absolute Gasteiger partial charge is 0.354 e. The standard InChI is InChI=1S/C17H16FN3O2/c1-17(2,3)14-9-15-19-12(10-6-4-5-7-11(10)18)8-13(16(22)23)21(15)20-14/h4-9H,1-3H3,(H,22,23). The van der Waals surface area contributed by atoms with Crippen molar-refractivity contribution in [1.29, 1.82) is 0 Å². The van der Waals surface area contributed by atoms with Gasteiger partial charge in [0.1, 0.15) is 5.82 Å². The fourth-order valence-electron chi connectivity index (χ4n) is 2.30. The van der Waals surface area contributed by atoms with E-state index in [0.717, 1.165) is 5.69 Å². The van der Waals surface area contributed by atoms with Crippen LogP contribution in [0.15, 0.2) is 36.4 Å². The zero-order valence-electron chi connectivity index (χ0n) is 13.0. The lowest BCUT2D eigenvalue weighted by Crippen LogP contribution is -2.13. The third kappa shape index (κ3) is 2.67. The number of benzene rings is 1. The van der Waals surface area contributed by atoms with Gasteiger partial charge in [0.15, 0.2) is 11.3 Å². The molecule has 0 bridgehead atoms. The lowest BCUT2D eigenvalue weighted by atomic mass is 9.93. The van der Waals surface area contributed by atoms with Gasteiger partial charge in [-0.3, -0.25) is 0 Å². The van der Waals surface area contributed by atoms with Gasteiger partial charge in [0.05, 0.1) is 11.4 Å². The average Bonchev–Trinajstić information content (AvgIpc) is 2.90. The Morgan fingerprint density at radius 1 is 1.22 bits per heavy atom. The first kappa shape index (κ1) is 15.1. The van der Waals surface area contributed by atoms with Crippen LogP contribution in [-0.2, 0) is 5.41 Å². The SMILES string of the molecule is CC(C)(C)c1cc2nc(-c3ccccc3F)cc(C(=O)O)n2n1. The van der Waals surface area contributed by atoms with E-state index in [9.17, 15) is 14.3 Å². The first-order chi connectivity index (χ1) is 10.8. The number of hydrogen-bond donors (Lipinski definition) is 1.